The highest BCUT2D eigenvalue weighted by Gasteiger charge is 2.34. The second-order valence-corrected chi connectivity index (χ2v) is 5.90. The number of rotatable bonds is 1. The van der Waals surface area contributed by atoms with E-state index < -0.39 is 5.54 Å². The predicted molar refractivity (Wildman–Crippen MR) is 86.1 cm³/mol. The van der Waals surface area contributed by atoms with Gasteiger partial charge in [-0.25, -0.2) is 0 Å². The number of hydrogen-bond acceptors (Lipinski definition) is 2. The van der Waals surface area contributed by atoms with Crippen molar-refractivity contribution in [3.63, 3.8) is 0 Å². The third-order valence-corrected chi connectivity index (χ3v) is 4.62. The van der Waals surface area contributed by atoms with Gasteiger partial charge in [0.05, 0.1) is 11.1 Å². The number of fused-ring (bicyclic) bond motifs is 2. The van der Waals surface area contributed by atoms with Crippen molar-refractivity contribution in [3.05, 3.63) is 77.5 Å². The first-order chi connectivity index (χ1) is 10.3. The van der Waals surface area contributed by atoms with Crippen molar-refractivity contribution in [2.75, 3.05) is 0 Å². The van der Waals surface area contributed by atoms with Crippen molar-refractivity contribution < 1.29 is 0 Å². The Balaban J connectivity index is 1.91. The van der Waals surface area contributed by atoms with Gasteiger partial charge >= 0.3 is 0 Å². The van der Waals surface area contributed by atoms with Crippen LogP contribution in [0.4, 0.5) is 0 Å². The second-order valence-electron chi connectivity index (χ2n) is 5.90. The summed E-state index contributed by atoms with van der Waals surface area (Å²) >= 11 is 0. The Morgan fingerprint density at radius 3 is 2.76 bits per heavy atom. The quantitative estimate of drug-likeness (QED) is 0.733. The van der Waals surface area contributed by atoms with E-state index >= 15 is 0 Å². The summed E-state index contributed by atoms with van der Waals surface area (Å²) in [6.07, 6.45) is 5.17. The lowest BCUT2D eigenvalue weighted by atomic mass is 9.73. The summed E-state index contributed by atoms with van der Waals surface area (Å²) in [7, 11) is 0. The molecule has 0 spiro atoms. The number of hydrogen-bond donors (Lipinski definition) is 1. The van der Waals surface area contributed by atoms with Gasteiger partial charge in [-0.15, -0.1) is 0 Å². The van der Waals surface area contributed by atoms with Crippen LogP contribution in [0, 0.1) is 0 Å². The molecule has 2 N–H and O–H groups in total. The molecule has 3 aromatic rings. The Morgan fingerprint density at radius 2 is 1.81 bits per heavy atom. The third-order valence-electron chi connectivity index (χ3n) is 4.62. The number of aromatic nitrogens is 1. The molecule has 1 aliphatic carbocycles. The van der Waals surface area contributed by atoms with E-state index in [-0.39, 0.29) is 0 Å². The lowest BCUT2D eigenvalue weighted by Crippen LogP contribution is -2.41. The summed E-state index contributed by atoms with van der Waals surface area (Å²) in [6, 6.07) is 19.0. The lowest BCUT2D eigenvalue weighted by Gasteiger charge is -2.36. The standard InChI is InChI=1S/C19H18N2/c20-19(11-5-8-14-6-1-3-9-17(14)19)16-12-15-7-2-4-10-18(15)21-13-16/h1-4,6-7,9-10,12-13H,5,8,11,20H2. The van der Waals surface area contributed by atoms with Gasteiger partial charge in [-0.3, -0.25) is 4.98 Å². The summed E-state index contributed by atoms with van der Waals surface area (Å²) < 4.78 is 0. The van der Waals surface area contributed by atoms with Crippen LogP contribution >= 0.6 is 0 Å². The molecule has 1 unspecified atom stereocenters. The van der Waals surface area contributed by atoms with Gasteiger partial charge in [0.15, 0.2) is 0 Å². The minimum absolute atomic E-state index is 0.411. The fraction of sp³-hybridized carbons (Fsp3) is 0.211. The van der Waals surface area contributed by atoms with E-state index in [0.29, 0.717) is 0 Å². The zero-order chi connectivity index (χ0) is 14.3. The van der Waals surface area contributed by atoms with Gasteiger partial charge in [-0.1, -0.05) is 42.5 Å². The zero-order valence-corrected chi connectivity index (χ0v) is 11.9. The normalized spacial score (nSPS) is 21.2. The van der Waals surface area contributed by atoms with Crippen LogP contribution in [0.3, 0.4) is 0 Å². The Kier molecular flexibility index (Phi) is 2.79. The van der Waals surface area contributed by atoms with Gasteiger partial charge in [-0.2, -0.15) is 0 Å². The molecular formula is C19H18N2. The van der Waals surface area contributed by atoms with E-state index in [0.717, 1.165) is 35.7 Å². The molecule has 0 saturated heterocycles. The van der Waals surface area contributed by atoms with Crippen LogP contribution in [0.15, 0.2) is 60.8 Å². The first-order valence-electron chi connectivity index (χ1n) is 7.50. The molecule has 1 aliphatic rings. The Labute approximate surface area is 124 Å². The first kappa shape index (κ1) is 12.5. The Hall–Kier alpha value is -2.19. The van der Waals surface area contributed by atoms with Gasteiger partial charge in [0.1, 0.15) is 0 Å². The van der Waals surface area contributed by atoms with E-state index in [1.165, 1.54) is 11.1 Å². The van der Waals surface area contributed by atoms with Crippen LogP contribution < -0.4 is 5.73 Å². The van der Waals surface area contributed by atoms with Crippen molar-refractivity contribution in [1.29, 1.82) is 0 Å². The minimum atomic E-state index is -0.411. The molecule has 1 heterocycles. The van der Waals surface area contributed by atoms with Crippen molar-refractivity contribution in [2.24, 2.45) is 5.73 Å². The fourth-order valence-electron chi connectivity index (χ4n) is 3.48. The number of nitrogens with two attached hydrogens (primary N) is 1. The number of benzene rings is 2. The van der Waals surface area contributed by atoms with E-state index in [2.05, 4.69) is 41.4 Å². The van der Waals surface area contributed by atoms with Crippen LogP contribution in [-0.4, -0.2) is 4.98 Å². The predicted octanol–water partition coefficient (Wildman–Crippen LogP) is 3.77. The number of aryl methyl sites for hydroxylation is 1. The lowest BCUT2D eigenvalue weighted by molar-refractivity contribution is 0.442. The average molecular weight is 274 g/mol. The van der Waals surface area contributed by atoms with Gasteiger partial charge in [0.2, 0.25) is 0 Å². The van der Waals surface area contributed by atoms with Crippen LogP contribution in [0.25, 0.3) is 10.9 Å². The zero-order valence-electron chi connectivity index (χ0n) is 11.9. The molecule has 0 fully saturated rings. The Bertz CT molecular complexity index is 809. The van der Waals surface area contributed by atoms with Gasteiger partial charge < -0.3 is 5.73 Å². The molecule has 1 atom stereocenters. The average Bonchev–Trinajstić information content (AvgIpc) is 2.55. The molecule has 0 radical (unpaired) electrons. The molecule has 2 nitrogen and oxygen atoms in total. The topological polar surface area (TPSA) is 38.9 Å². The van der Waals surface area contributed by atoms with Crippen LogP contribution in [0.5, 0.6) is 0 Å². The largest absolute Gasteiger partial charge is 0.318 e. The van der Waals surface area contributed by atoms with E-state index in [1.54, 1.807) is 0 Å². The molecule has 1 aromatic heterocycles. The molecule has 21 heavy (non-hydrogen) atoms. The van der Waals surface area contributed by atoms with Crippen molar-refractivity contribution in [2.45, 2.75) is 24.8 Å². The summed E-state index contributed by atoms with van der Waals surface area (Å²) in [6.45, 7) is 0. The summed E-state index contributed by atoms with van der Waals surface area (Å²) in [4.78, 5) is 4.59. The highest BCUT2D eigenvalue weighted by atomic mass is 14.8. The van der Waals surface area contributed by atoms with Gasteiger partial charge in [-0.05, 0) is 48.1 Å². The summed E-state index contributed by atoms with van der Waals surface area (Å²) in [5, 5.41) is 1.16. The molecule has 104 valence electrons. The molecule has 0 saturated carbocycles. The Morgan fingerprint density at radius 1 is 1.00 bits per heavy atom. The van der Waals surface area contributed by atoms with Crippen LogP contribution in [-0.2, 0) is 12.0 Å². The summed E-state index contributed by atoms with van der Waals surface area (Å²) in [5.74, 6) is 0. The molecule has 2 heteroatoms. The van der Waals surface area contributed by atoms with Crippen molar-refractivity contribution in [3.8, 4) is 0 Å². The first-order valence-corrected chi connectivity index (χ1v) is 7.50. The molecule has 0 aliphatic heterocycles. The third kappa shape index (κ3) is 1.95. The van der Waals surface area contributed by atoms with Crippen molar-refractivity contribution >= 4 is 10.9 Å². The van der Waals surface area contributed by atoms with E-state index in [4.69, 9.17) is 5.73 Å². The van der Waals surface area contributed by atoms with Gasteiger partial charge in [0, 0.05) is 11.6 Å². The minimum Gasteiger partial charge on any atom is -0.318 e. The van der Waals surface area contributed by atoms with E-state index in [9.17, 15) is 0 Å². The number of para-hydroxylation sites is 1. The number of nitrogens with zero attached hydrogens (tertiary/aromatic N) is 1. The molecule has 2 aromatic carbocycles. The van der Waals surface area contributed by atoms with Crippen LogP contribution in [0.2, 0.25) is 0 Å². The second kappa shape index (κ2) is 4.68. The van der Waals surface area contributed by atoms with Crippen LogP contribution in [0.1, 0.15) is 29.5 Å². The van der Waals surface area contributed by atoms with Crippen molar-refractivity contribution in [1.82, 2.24) is 4.98 Å². The number of pyridine rings is 1. The maximum absolute atomic E-state index is 6.84. The monoisotopic (exact) mass is 274 g/mol. The smallest absolute Gasteiger partial charge is 0.0702 e. The van der Waals surface area contributed by atoms with Gasteiger partial charge in [0.25, 0.3) is 0 Å². The molecular weight excluding hydrogens is 256 g/mol. The highest BCUT2D eigenvalue weighted by molar-refractivity contribution is 5.79. The van der Waals surface area contributed by atoms with E-state index in [1.807, 2.05) is 24.4 Å². The maximum atomic E-state index is 6.84. The maximum Gasteiger partial charge on any atom is 0.0702 e. The molecule has 4 rings (SSSR count). The highest BCUT2D eigenvalue weighted by Crippen LogP contribution is 2.38. The summed E-state index contributed by atoms with van der Waals surface area (Å²) in [5.41, 5.74) is 11.2. The fourth-order valence-corrected chi connectivity index (χ4v) is 3.48. The molecule has 0 bridgehead atoms. The SMILES string of the molecule is NC1(c2cnc3ccccc3c2)CCCc2ccccc21. The molecule has 0 amide bonds.